The third-order valence-electron chi connectivity index (χ3n) is 1.60. The molecule has 3 heteroatoms. The van der Waals surface area contributed by atoms with Crippen molar-refractivity contribution in [2.75, 3.05) is 0 Å². The Morgan fingerprint density at radius 1 is 1.46 bits per heavy atom. The lowest BCUT2D eigenvalue weighted by molar-refractivity contribution is -0.121. The molecule has 1 rings (SSSR count). The predicted octanol–water partition coefficient (Wildman–Crippen LogP) is 2.15. The van der Waals surface area contributed by atoms with E-state index in [1.165, 1.54) is 0 Å². The Labute approximate surface area is 85.1 Å². The highest BCUT2D eigenvalue weighted by molar-refractivity contribution is 9.10. The number of ketones is 1. The van der Waals surface area contributed by atoms with E-state index in [0.29, 0.717) is 12.7 Å². The van der Waals surface area contributed by atoms with Gasteiger partial charge in [-0.1, -0.05) is 28.1 Å². The summed E-state index contributed by atoms with van der Waals surface area (Å²) in [5.74, 6) is -0.0481. The molecule has 0 heterocycles. The number of aldehydes is 1. The van der Waals surface area contributed by atoms with Crippen molar-refractivity contribution in [2.45, 2.75) is 12.8 Å². The Morgan fingerprint density at radius 2 is 2.23 bits per heavy atom. The first-order valence-corrected chi connectivity index (χ1v) is 4.71. The van der Waals surface area contributed by atoms with Crippen LogP contribution in [0.5, 0.6) is 0 Å². The largest absolute Gasteiger partial charge is 0.303 e. The minimum absolute atomic E-state index is 0.00646. The minimum Gasteiger partial charge on any atom is -0.303 e. The summed E-state index contributed by atoms with van der Waals surface area (Å²) in [5, 5.41) is 0. The lowest BCUT2D eigenvalue weighted by Crippen LogP contribution is -2.02. The lowest BCUT2D eigenvalue weighted by Gasteiger charge is -1.98. The van der Waals surface area contributed by atoms with Gasteiger partial charge in [0.15, 0.2) is 0 Å². The van der Waals surface area contributed by atoms with Gasteiger partial charge in [-0.05, 0) is 17.7 Å². The van der Waals surface area contributed by atoms with Gasteiger partial charge in [0.05, 0.1) is 6.42 Å². The molecule has 0 unspecified atom stereocenters. The number of benzene rings is 1. The third kappa shape index (κ3) is 3.51. The van der Waals surface area contributed by atoms with E-state index in [4.69, 9.17) is 0 Å². The topological polar surface area (TPSA) is 34.1 Å². The van der Waals surface area contributed by atoms with Crippen molar-refractivity contribution in [1.29, 1.82) is 0 Å². The van der Waals surface area contributed by atoms with Crippen LogP contribution in [0.4, 0.5) is 0 Å². The molecule has 0 amide bonds. The molecule has 68 valence electrons. The Bertz CT molecular complexity index is 320. The smallest absolute Gasteiger partial charge is 0.144 e. The molecule has 0 spiro atoms. The second kappa shape index (κ2) is 4.92. The second-order valence-electron chi connectivity index (χ2n) is 2.72. The molecular weight excluding hydrogens is 232 g/mol. The number of carbonyl (C=O) groups excluding carboxylic acids is 2. The summed E-state index contributed by atoms with van der Waals surface area (Å²) in [4.78, 5) is 21.1. The number of rotatable bonds is 4. The predicted molar refractivity (Wildman–Crippen MR) is 53.5 cm³/mol. The molecule has 0 bridgehead atoms. The molecule has 0 N–H and O–H groups in total. The molecule has 13 heavy (non-hydrogen) atoms. The number of Topliss-reactive ketones (excluding diaryl/α,β-unsaturated/α-hetero) is 1. The first-order chi connectivity index (χ1) is 6.22. The molecule has 2 nitrogen and oxygen atoms in total. The molecule has 0 fully saturated rings. The lowest BCUT2D eigenvalue weighted by atomic mass is 10.1. The van der Waals surface area contributed by atoms with Crippen LogP contribution in [-0.4, -0.2) is 12.1 Å². The van der Waals surface area contributed by atoms with Gasteiger partial charge in [0.2, 0.25) is 0 Å². The summed E-state index contributed by atoms with van der Waals surface area (Å²) in [5.41, 5.74) is 0.932. The summed E-state index contributed by atoms with van der Waals surface area (Å²) in [6.07, 6.45) is 0.977. The fourth-order valence-corrected chi connectivity index (χ4v) is 1.49. The molecule has 0 aliphatic carbocycles. The van der Waals surface area contributed by atoms with Gasteiger partial charge in [0.25, 0.3) is 0 Å². The third-order valence-corrected chi connectivity index (χ3v) is 2.09. The monoisotopic (exact) mass is 240 g/mol. The van der Waals surface area contributed by atoms with E-state index in [-0.39, 0.29) is 12.2 Å². The van der Waals surface area contributed by atoms with Crippen LogP contribution in [0.3, 0.4) is 0 Å². The Hall–Kier alpha value is -0.960. The summed E-state index contributed by atoms with van der Waals surface area (Å²) >= 11 is 3.31. The maximum atomic E-state index is 11.1. The van der Waals surface area contributed by atoms with Crippen LogP contribution in [0.15, 0.2) is 28.7 Å². The summed E-state index contributed by atoms with van der Waals surface area (Å²) in [6.45, 7) is 0. The molecule has 0 aliphatic rings. The van der Waals surface area contributed by atoms with E-state index < -0.39 is 0 Å². The highest BCUT2D eigenvalue weighted by atomic mass is 79.9. The van der Waals surface area contributed by atoms with E-state index >= 15 is 0 Å². The number of hydrogen-bond donors (Lipinski definition) is 0. The SMILES string of the molecule is O=CCC(=O)Cc1cccc(Br)c1. The van der Waals surface area contributed by atoms with Gasteiger partial charge in [-0.15, -0.1) is 0 Å². The Kier molecular flexibility index (Phi) is 3.83. The summed E-state index contributed by atoms with van der Waals surface area (Å²) < 4.78 is 0.948. The molecule has 0 saturated carbocycles. The standard InChI is InChI=1S/C10H9BrO2/c11-9-3-1-2-8(6-9)7-10(13)4-5-12/h1-3,5-6H,4,7H2. The normalized spacial score (nSPS) is 9.62. The average Bonchev–Trinajstić information content (AvgIpc) is 2.04. The van der Waals surface area contributed by atoms with E-state index in [2.05, 4.69) is 15.9 Å². The van der Waals surface area contributed by atoms with Gasteiger partial charge in [-0.25, -0.2) is 0 Å². The van der Waals surface area contributed by atoms with Crippen LogP contribution in [-0.2, 0) is 16.0 Å². The molecule has 0 aromatic heterocycles. The van der Waals surface area contributed by atoms with Crippen molar-refractivity contribution < 1.29 is 9.59 Å². The van der Waals surface area contributed by atoms with Crippen LogP contribution < -0.4 is 0 Å². The van der Waals surface area contributed by atoms with Gasteiger partial charge >= 0.3 is 0 Å². The fraction of sp³-hybridized carbons (Fsp3) is 0.200. The molecule has 1 aromatic rings. The summed E-state index contributed by atoms with van der Waals surface area (Å²) in [7, 11) is 0. The molecule has 0 radical (unpaired) electrons. The molecule has 0 saturated heterocycles. The Balaban J connectivity index is 2.63. The fourth-order valence-electron chi connectivity index (χ4n) is 1.04. The van der Waals surface area contributed by atoms with Crippen LogP contribution in [0.25, 0.3) is 0 Å². The zero-order valence-corrected chi connectivity index (χ0v) is 8.58. The number of halogens is 1. The first-order valence-electron chi connectivity index (χ1n) is 3.92. The van der Waals surface area contributed by atoms with Gasteiger partial charge in [-0.3, -0.25) is 4.79 Å². The summed E-state index contributed by atoms with van der Waals surface area (Å²) in [6, 6.07) is 7.51. The quantitative estimate of drug-likeness (QED) is 0.597. The van der Waals surface area contributed by atoms with Crippen molar-refractivity contribution in [2.24, 2.45) is 0 Å². The van der Waals surface area contributed by atoms with Gasteiger partial charge in [0.1, 0.15) is 12.1 Å². The van der Waals surface area contributed by atoms with Crippen molar-refractivity contribution in [3.63, 3.8) is 0 Å². The van der Waals surface area contributed by atoms with Gasteiger partial charge < -0.3 is 4.79 Å². The van der Waals surface area contributed by atoms with Gasteiger partial charge in [0, 0.05) is 10.9 Å². The first kappa shape index (κ1) is 10.1. The van der Waals surface area contributed by atoms with Crippen molar-refractivity contribution in [3.05, 3.63) is 34.3 Å². The maximum absolute atomic E-state index is 11.1. The maximum Gasteiger partial charge on any atom is 0.144 e. The van der Waals surface area contributed by atoms with Crippen LogP contribution in [0.1, 0.15) is 12.0 Å². The highest BCUT2D eigenvalue weighted by Crippen LogP contribution is 2.12. The van der Waals surface area contributed by atoms with Crippen LogP contribution in [0.2, 0.25) is 0 Å². The van der Waals surface area contributed by atoms with Crippen molar-refractivity contribution in [3.8, 4) is 0 Å². The van der Waals surface area contributed by atoms with E-state index in [0.717, 1.165) is 10.0 Å². The van der Waals surface area contributed by atoms with E-state index in [9.17, 15) is 9.59 Å². The van der Waals surface area contributed by atoms with Crippen molar-refractivity contribution >= 4 is 28.0 Å². The van der Waals surface area contributed by atoms with Gasteiger partial charge in [-0.2, -0.15) is 0 Å². The van der Waals surface area contributed by atoms with E-state index in [1.54, 1.807) is 0 Å². The molecule has 0 aliphatic heterocycles. The average molecular weight is 241 g/mol. The number of carbonyl (C=O) groups is 2. The zero-order valence-electron chi connectivity index (χ0n) is 7.00. The Morgan fingerprint density at radius 3 is 2.85 bits per heavy atom. The molecular formula is C10H9BrO2. The molecule has 0 atom stereocenters. The highest BCUT2D eigenvalue weighted by Gasteiger charge is 2.02. The number of hydrogen-bond acceptors (Lipinski definition) is 2. The second-order valence-corrected chi connectivity index (χ2v) is 3.63. The van der Waals surface area contributed by atoms with Crippen LogP contribution in [0, 0.1) is 0 Å². The van der Waals surface area contributed by atoms with Crippen molar-refractivity contribution in [1.82, 2.24) is 0 Å². The zero-order chi connectivity index (χ0) is 9.68. The van der Waals surface area contributed by atoms with E-state index in [1.807, 2.05) is 24.3 Å². The minimum atomic E-state index is -0.0481. The van der Waals surface area contributed by atoms with Crippen LogP contribution >= 0.6 is 15.9 Å². The molecule has 1 aromatic carbocycles.